The smallest absolute Gasteiger partial charge is 0.264 e. The maximum Gasteiger partial charge on any atom is 0.264 e. The van der Waals surface area contributed by atoms with E-state index in [0.717, 1.165) is 23.8 Å². The Hall–Kier alpha value is -3.28. The highest BCUT2D eigenvalue weighted by molar-refractivity contribution is 7.93. The maximum atomic E-state index is 13.7. The number of sulfonamides is 1. The van der Waals surface area contributed by atoms with Crippen LogP contribution in [-0.2, 0) is 16.6 Å². The lowest BCUT2D eigenvalue weighted by Crippen LogP contribution is -2.49. The van der Waals surface area contributed by atoms with Gasteiger partial charge in [-0.3, -0.25) is 14.3 Å². The molecule has 0 unspecified atom stereocenters. The highest BCUT2D eigenvalue weighted by Crippen LogP contribution is 2.36. The van der Waals surface area contributed by atoms with Crippen molar-refractivity contribution in [2.75, 3.05) is 17.8 Å². The van der Waals surface area contributed by atoms with Crippen LogP contribution in [0.1, 0.15) is 28.4 Å². The summed E-state index contributed by atoms with van der Waals surface area (Å²) in [5, 5.41) is 0.293. The number of nitrogens with one attached hydrogen (secondary N) is 1. The van der Waals surface area contributed by atoms with Crippen molar-refractivity contribution in [3.8, 4) is 0 Å². The molecule has 2 aliphatic heterocycles. The van der Waals surface area contributed by atoms with E-state index in [-0.39, 0.29) is 45.0 Å². The maximum absolute atomic E-state index is 13.7. The summed E-state index contributed by atoms with van der Waals surface area (Å²) >= 11 is 7.12. The fourth-order valence-electron chi connectivity index (χ4n) is 5.22. The molecular formula is C24H20ClN5O4S2. The topological polar surface area (TPSA) is 114 Å². The molecule has 2 aromatic carbocycles. The third-order valence-corrected chi connectivity index (χ3v) is 8.94. The van der Waals surface area contributed by atoms with E-state index in [9.17, 15) is 18.0 Å². The summed E-state index contributed by atoms with van der Waals surface area (Å²) in [4.78, 5) is 27.7. The van der Waals surface area contributed by atoms with E-state index in [1.165, 1.54) is 18.2 Å². The molecule has 2 aliphatic rings. The molecule has 0 saturated carbocycles. The lowest BCUT2D eigenvalue weighted by molar-refractivity contribution is 0.0595. The Morgan fingerprint density at radius 3 is 2.75 bits per heavy atom. The van der Waals surface area contributed by atoms with Gasteiger partial charge in [0.25, 0.3) is 21.5 Å². The molecule has 36 heavy (non-hydrogen) atoms. The van der Waals surface area contributed by atoms with E-state index >= 15 is 0 Å². The number of fused-ring (bicyclic) bond motifs is 5. The Morgan fingerprint density at radius 1 is 1.06 bits per heavy atom. The standard InChI is InChI=1S/C24H20ClN5O4S2/c25-16-7-8-17(19(10-16)28-36(33,34)21-5-1-3-18-23(21)27-35-26-18)24(32)29-11-14-9-15(13-29)20-4-2-6-22(31)30(20)12-14/h1-8,10,14-15,28H,9,11-13H2/t14-,15-/m0/s1. The second-order valence-corrected chi connectivity index (χ2v) is 11.7. The molecular weight excluding hydrogens is 522 g/mol. The van der Waals surface area contributed by atoms with Crippen molar-refractivity contribution < 1.29 is 13.2 Å². The van der Waals surface area contributed by atoms with Crippen LogP contribution in [0.4, 0.5) is 5.69 Å². The predicted molar refractivity (Wildman–Crippen MR) is 137 cm³/mol. The number of amides is 1. The first-order chi connectivity index (χ1) is 17.3. The van der Waals surface area contributed by atoms with Crippen molar-refractivity contribution in [2.45, 2.75) is 23.8 Å². The molecule has 4 aromatic rings. The van der Waals surface area contributed by atoms with Crippen molar-refractivity contribution in [1.29, 1.82) is 0 Å². The van der Waals surface area contributed by atoms with Crippen LogP contribution in [0.15, 0.2) is 64.3 Å². The molecule has 4 heterocycles. The highest BCUT2D eigenvalue weighted by Gasteiger charge is 2.37. The van der Waals surface area contributed by atoms with E-state index in [0.29, 0.717) is 30.2 Å². The number of anilines is 1. The zero-order valence-electron chi connectivity index (χ0n) is 18.8. The Morgan fingerprint density at radius 2 is 1.89 bits per heavy atom. The molecule has 6 rings (SSSR count). The molecule has 1 amide bonds. The van der Waals surface area contributed by atoms with Gasteiger partial charge in [-0.25, -0.2) is 8.42 Å². The van der Waals surface area contributed by atoms with Crippen molar-refractivity contribution in [1.82, 2.24) is 18.2 Å². The van der Waals surface area contributed by atoms with E-state index in [1.807, 2.05) is 6.07 Å². The first kappa shape index (κ1) is 23.1. The largest absolute Gasteiger partial charge is 0.338 e. The molecule has 0 spiro atoms. The van der Waals surface area contributed by atoms with Crippen LogP contribution in [0.2, 0.25) is 5.02 Å². The molecule has 12 heteroatoms. The molecule has 1 N–H and O–H groups in total. The van der Waals surface area contributed by atoms with Crippen molar-refractivity contribution in [2.24, 2.45) is 5.92 Å². The molecule has 0 aliphatic carbocycles. The molecule has 9 nitrogen and oxygen atoms in total. The number of rotatable bonds is 4. The lowest BCUT2D eigenvalue weighted by atomic mass is 9.83. The number of hydrogen-bond donors (Lipinski definition) is 1. The van der Waals surface area contributed by atoms with Gasteiger partial charge < -0.3 is 9.47 Å². The third-order valence-electron chi connectivity index (χ3n) is 6.76. The van der Waals surface area contributed by atoms with Crippen LogP contribution in [0.5, 0.6) is 0 Å². The van der Waals surface area contributed by atoms with Gasteiger partial charge in [0.1, 0.15) is 15.9 Å². The van der Waals surface area contributed by atoms with Gasteiger partial charge in [-0.2, -0.15) is 8.75 Å². The lowest BCUT2D eigenvalue weighted by Gasteiger charge is -2.42. The van der Waals surface area contributed by atoms with Crippen LogP contribution in [0.3, 0.4) is 0 Å². The number of carbonyl (C=O) groups is 1. The van der Waals surface area contributed by atoms with Crippen LogP contribution in [0, 0.1) is 5.92 Å². The van der Waals surface area contributed by atoms with Crippen LogP contribution < -0.4 is 10.3 Å². The number of carbonyl (C=O) groups excluding carboxylic acids is 1. The predicted octanol–water partition coefficient (Wildman–Crippen LogP) is 3.57. The summed E-state index contributed by atoms with van der Waals surface area (Å²) in [5.41, 5.74) is 1.95. The third kappa shape index (κ3) is 3.97. The van der Waals surface area contributed by atoms with Gasteiger partial charge in [-0.05, 0) is 48.7 Å². The van der Waals surface area contributed by atoms with Gasteiger partial charge >= 0.3 is 0 Å². The number of pyridine rings is 1. The Bertz CT molecular complexity index is 1680. The minimum Gasteiger partial charge on any atom is -0.338 e. The van der Waals surface area contributed by atoms with E-state index in [1.54, 1.807) is 39.8 Å². The van der Waals surface area contributed by atoms with Crippen molar-refractivity contribution >= 4 is 56.0 Å². The number of aromatic nitrogens is 3. The number of hydrogen-bond acceptors (Lipinski definition) is 7. The number of nitrogens with zero attached hydrogens (tertiary/aromatic N) is 4. The number of halogens is 1. The Kier molecular flexibility index (Phi) is 5.58. The van der Waals surface area contributed by atoms with E-state index in [4.69, 9.17) is 11.6 Å². The molecule has 1 saturated heterocycles. The van der Waals surface area contributed by atoms with Gasteiger partial charge in [0, 0.05) is 42.3 Å². The number of likely N-dealkylation sites (tertiary alicyclic amines) is 1. The summed E-state index contributed by atoms with van der Waals surface area (Å²) < 4.78 is 39.2. The average molecular weight is 542 g/mol. The highest BCUT2D eigenvalue weighted by atomic mass is 35.5. The van der Waals surface area contributed by atoms with E-state index in [2.05, 4.69) is 13.5 Å². The van der Waals surface area contributed by atoms with Gasteiger partial charge in [-0.15, -0.1) is 0 Å². The molecule has 2 bridgehead atoms. The first-order valence-electron chi connectivity index (χ1n) is 11.3. The minimum atomic E-state index is -4.09. The number of piperidine rings is 1. The second kappa shape index (κ2) is 8.68. The number of benzene rings is 2. The fraction of sp³-hybridized carbons (Fsp3) is 0.250. The van der Waals surface area contributed by atoms with Crippen LogP contribution in [-0.4, -0.2) is 45.6 Å². The van der Waals surface area contributed by atoms with Crippen molar-refractivity contribution in [3.05, 3.63) is 81.2 Å². The monoisotopic (exact) mass is 541 g/mol. The summed E-state index contributed by atoms with van der Waals surface area (Å²) in [7, 11) is -4.09. The zero-order valence-corrected chi connectivity index (χ0v) is 21.2. The normalized spacial score (nSPS) is 19.2. The summed E-state index contributed by atoms with van der Waals surface area (Å²) in [6, 6.07) is 14.5. The van der Waals surface area contributed by atoms with Gasteiger partial charge in [-0.1, -0.05) is 23.7 Å². The average Bonchev–Trinajstić information content (AvgIpc) is 3.33. The van der Waals surface area contributed by atoms with Crippen LogP contribution >= 0.6 is 23.3 Å². The molecule has 0 radical (unpaired) electrons. The Balaban J connectivity index is 1.33. The van der Waals surface area contributed by atoms with Crippen molar-refractivity contribution in [3.63, 3.8) is 0 Å². The molecule has 1 fully saturated rings. The first-order valence-corrected chi connectivity index (χ1v) is 13.9. The van der Waals surface area contributed by atoms with Gasteiger partial charge in [0.2, 0.25) is 0 Å². The molecule has 2 atom stereocenters. The quantitative estimate of drug-likeness (QED) is 0.422. The SMILES string of the molecule is O=C(c1ccc(Cl)cc1NS(=O)(=O)c1cccc2nsnc12)N1C[C@@H]2C[C@@H](C1)c1cccc(=O)n1C2. The fourth-order valence-corrected chi connectivity index (χ4v) is 7.23. The van der Waals surface area contributed by atoms with Gasteiger partial charge in [0.05, 0.1) is 23.0 Å². The summed E-state index contributed by atoms with van der Waals surface area (Å²) in [5.74, 6) is -0.112. The summed E-state index contributed by atoms with van der Waals surface area (Å²) in [6.45, 7) is 1.48. The van der Waals surface area contributed by atoms with E-state index < -0.39 is 10.0 Å². The molecule has 184 valence electrons. The minimum absolute atomic E-state index is 0.0262. The molecule has 2 aromatic heterocycles. The second-order valence-electron chi connectivity index (χ2n) is 9.09. The zero-order chi connectivity index (χ0) is 25.0. The van der Waals surface area contributed by atoms with Gasteiger partial charge in [0.15, 0.2) is 0 Å². The summed E-state index contributed by atoms with van der Waals surface area (Å²) in [6.07, 6.45) is 0.902. The van der Waals surface area contributed by atoms with Crippen LogP contribution in [0.25, 0.3) is 11.0 Å². The Labute approximate surface area is 215 Å².